The molecule has 0 aliphatic carbocycles. The quantitative estimate of drug-likeness (QED) is 0.353. The summed E-state index contributed by atoms with van der Waals surface area (Å²) in [6.45, 7) is 1.56. The molecule has 166 valence electrons. The zero-order valence-electron chi connectivity index (χ0n) is 18.4. The number of para-hydroxylation sites is 1. The summed E-state index contributed by atoms with van der Waals surface area (Å²) in [5.74, 6) is -0.994. The summed E-state index contributed by atoms with van der Waals surface area (Å²) in [5.41, 5.74) is 3.11. The predicted molar refractivity (Wildman–Crippen MR) is 132 cm³/mol. The molecular formula is C28H21N3O3. The molecule has 0 radical (unpaired) electrons. The third-order valence-electron chi connectivity index (χ3n) is 5.58. The monoisotopic (exact) mass is 447 g/mol. The van der Waals surface area contributed by atoms with Crippen molar-refractivity contribution in [2.24, 2.45) is 0 Å². The van der Waals surface area contributed by atoms with Crippen LogP contribution in [0.5, 0.6) is 0 Å². The van der Waals surface area contributed by atoms with E-state index in [1.165, 1.54) is 0 Å². The number of nitrogens with one attached hydrogen (secondary N) is 1. The van der Waals surface area contributed by atoms with Crippen LogP contribution in [0.25, 0.3) is 32.9 Å². The average molecular weight is 447 g/mol. The summed E-state index contributed by atoms with van der Waals surface area (Å²) < 4.78 is 5.57. The van der Waals surface area contributed by atoms with E-state index >= 15 is 0 Å². The highest BCUT2D eigenvalue weighted by Gasteiger charge is 2.22. The highest BCUT2D eigenvalue weighted by atomic mass is 16.5. The van der Waals surface area contributed by atoms with Gasteiger partial charge in [0.25, 0.3) is 5.91 Å². The van der Waals surface area contributed by atoms with E-state index in [1.807, 2.05) is 78.9 Å². The number of carbonyl (C=O) groups is 2. The highest BCUT2D eigenvalue weighted by molar-refractivity contribution is 6.06. The lowest BCUT2D eigenvalue weighted by molar-refractivity contribution is -0.123. The number of rotatable bonds is 5. The number of hydrogen-bond acceptors (Lipinski definition) is 5. The fourth-order valence-electron chi connectivity index (χ4n) is 3.80. The van der Waals surface area contributed by atoms with Crippen LogP contribution in [0.1, 0.15) is 17.3 Å². The van der Waals surface area contributed by atoms with Crippen molar-refractivity contribution in [3.05, 3.63) is 103 Å². The molecule has 6 nitrogen and oxygen atoms in total. The Hall–Kier alpha value is -4.58. The lowest BCUT2D eigenvalue weighted by Gasteiger charge is -2.15. The number of carbonyl (C=O) groups excluding carboxylic acids is 2. The number of aromatic nitrogens is 2. The summed E-state index contributed by atoms with van der Waals surface area (Å²) in [6, 6.07) is 26.2. The first-order valence-corrected chi connectivity index (χ1v) is 10.9. The van der Waals surface area contributed by atoms with E-state index in [9.17, 15) is 9.59 Å². The zero-order chi connectivity index (χ0) is 23.5. The van der Waals surface area contributed by atoms with Crippen molar-refractivity contribution in [2.75, 3.05) is 5.32 Å². The second-order valence-electron chi connectivity index (χ2n) is 7.91. The number of nitrogens with zero attached hydrogens (tertiary/aromatic N) is 2. The van der Waals surface area contributed by atoms with Crippen molar-refractivity contribution in [1.82, 2.24) is 9.97 Å². The molecule has 1 amide bonds. The van der Waals surface area contributed by atoms with Gasteiger partial charge in [-0.05, 0) is 54.1 Å². The molecule has 34 heavy (non-hydrogen) atoms. The Morgan fingerprint density at radius 3 is 2.41 bits per heavy atom. The molecular weight excluding hydrogens is 426 g/mol. The van der Waals surface area contributed by atoms with Crippen molar-refractivity contribution in [3.8, 4) is 11.3 Å². The molecule has 2 aromatic heterocycles. The molecule has 6 heteroatoms. The second-order valence-corrected chi connectivity index (χ2v) is 7.91. The SMILES string of the molecule is C[C@@H](OC(=O)c1cc(-c2ccncc2)nc2ccccc12)C(=O)Nc1ccc2ccccc2c1. The molecule has 1 atom stereocenters. The Morgan fingerprint density at radius 2 is 1.59 bits per heavy atom. The summed E-state index contributed by atoms with van der Waals surface area (Å²) in [6.07, 6.45) is 2.35. The van der Waals surface area contributed by atoms with Crippen LogP contribution in [0.3, 0.4) is 0 Å². The predicted octanol–water partition coefficient (Wildman–Crippen LogP) is 5.63. The van der Waals surface area contributed by atoms with Crippen LogP contribution in [0.2, 0.25) is 0 Å². The highest BCUT2D eigenvalue weighted by Crippen LogP contribution is 2.26. The maximum Gasteiger partial charge on any atom is 0.339 e. The van der Waals surface area contributed by atoms with E-state index in [2.05, 4.69) is 15.3 Å². The number of pyridine rings is 2. The van der Waals surface area contributed by atoms with Crippen molar-refractivity contribution in [1.29, 1.82) is 0 Å². The van der Waals surface area contributed by atoms with Gasteiger partial charge in [-0.25, -0.2) is 9.78 Å². The van der Waals surface area contributed by atoms with Crippen LogP contribution in [-0.4, -0.2) is 27.9 Å². The van der Waals surface area contributed by atoms with E-state index in [4.69, 9.17) is 4.74 Å². The summed E-state index contributed by atoms with van der Waals surface area (Å²) in [5, 5.41) is 5.58. The summed E-state index contributed by atoms with van der Waals surface area (Å²) in [4.78, 5) is 34.6. The maximum atomic E-state index is 13.1. The molecule has 0 saturated carbocycles. The van der Waals surface area contributed by atoms with Gasteiger partial charge in [0.2, 0.25) is 0 Å². The molecule has 5 aromatic rings. The van der Waals surface area contributed by atoms with Gasteiger partial charge in [0.15, 0.2) is 6.10 Å². The van der Waals surface area contributed by atoms with Crippen LogP contribution in [-0.2, 0) is 9.53 Å². The largest absolute Gasteiger partial charge is 0.449 e. The van der Waals surface area contributed by atoms with Crippen molar-refractivity contribution >= 4 is 39.2 Å². The molecule has 0 fully saturated rings. The first-order chi connectivity index (χ1) is 16.6. The number of amides is 1. The lowest BCUT2D eigenvalue weighted by Crippen LogP contribution is -2.30. The fourth-order valence-corrected chi connectivity index (χ4v) is 3.80. The van der Waals surface area contributed by atoms with Gasteiger partial charge in [-0.1, -0.05) is 48.5 Å². The maximum absolute atomic E-state index is 13.1. The third kappa shape index (κ3) is 4.34. The topological polar surface area (TPSA) is 81.2 Å². The number of fused-ring (bicyclic) bond motifs is 2. The van der Waals surface area contributed by atoms with Crippen molar-refractivity contribution < 1.29 is 14.3 Å². The Labute approximate surface area is 196 Å². The molecule has 0 saturated heterocycles. The van der Waals surface area contributed by atoms with Gasteiger partial charge in [-0.3, -0.25) is 9.78 Å². The molecule has 0 unspecified atom stereocenters. The molecule has 0 spiro atoms. The minimum atomic E-state index is -0.990. The number of esters is 1. The number of hydrogen-bond donors (Lipinski definition) is 1. The third-order valence-corrected chi connectivity index (χ3v) is 5.58. The zero-order valence-corrected chi connectivity index (χ0v) is 18.4. The van der Waals surface area contributed by atoms with Crippen LogP contribution in [0.15, 0.2) is 97.3 Å². The van der Waals surface area contributed by atoms with Gasteiger partial charge in [0.1, 0.15) is 0 Å². The van der Waals surface area contributed by atoms with Gasteiger partial charge in [-0.2, -0.15) is 0 Å². The Kier molecular flexibility index (Phi) is 5.70. The van der Waals surface area contributed by atoms with Crippen LogP contribution < -0.4 is 5.32 Å². The van der Waals surface area contributed by atoms with Gasteiger partial charge >= 0.3 is 5.97 Å². The van der Waals surface area contributed by atoms with Gasteiger partial charge < -0.3 is 10.1 Å². The van der Waals surface area contributed by atoms with Crippen LogP contribution >= 0.6 is 0 Å². The van der Waals surface area contributed by atoms with Crippen molar-refractivity contribution in [2.45, 2.75) is 13.0 Å². The van der Waals surface area contributed by atoms with E-state index in [0.29, 0.717) is 27.8 Å². The van der Waals surface area contributed by atoms with E-state index in [0.717, 1.165) is 16.3 Å². The lowest BCUT2D eigenvalue weighted by atomic mass is 10.0. The molecule has 1 N–H and O–H groups in total. The number of benzene rings is 3. The van der Waals surface area contributed by atoms with Crippen LogP contribution in [0.4, 0.5) is 5.69 Å². The Bertz CT molecular complexity index is 1520. The fraction of sp³-hybridized carbons (Fsp3) is 0.0714. The summed E-state index contributed by atoms with van der Waals surface area (Å²) in [7, 11) is 0. The molecule has 5 rings (SSSR count). The van der Waals surface area contributed by atoms with Gasteiger partial charge in [-0.15, -0.1) is 0 Å². The van der Waals surface area contributed by atoms with Gasteiger partial charge in [0, 0.05) is 29.0 Å². The Morgan fingerprint density at radius 1 is 0.853 bits per heavy atom. The Balaban J connectivity index is 1.38. The van der Waals surface area contributed by atoms with Gasteiger partial charge in [0.05, 0.1) is 16.8 Å². The normalized spacial score (nSPS) is 11.8. The first-order valence-electron chi connectivity index (χ1n) is 10.9. The molecule has 2 heterocycles. The van der Waals surface area contributed by atoms with E-state index in [1.54, 1.807) is 25.4 Å². The summed E-state index contributed by atoms with van der Waals surface area (Å²) >= 11 is 0. The molecule has 0 aliphatic heterocycles. The minimum absolute atomic E-state index is 0.350. The minimum Gasteiger partial charge on any atom is -0.449 e. The smallest absolute Gasteiger partial charge is 0.339 e. The molecule has 0 aliphatic rings. The molecule has 0 bridgehead atoms. The second kappa shape index (κ2) is 9.11. The van der Waals surface area contributed by atoms with Crippen molar-refractivity contribution in [3.63, 3.8) is 0 Å². The first kappa shape index (κ1) is 21.3. The average Bonchev–Trinajstić information content (AvgIpc) is 2.88. The van der Waals surface area contributed by atoms with E-state index < -0.39 is 18.0 Å². The molecule has 3 aromatic carbocycles. The number of anilines is 1. The van der Waals surface area contributed by atoms with Crippen LogP contribution in [0, 0.1) is 0 Å². The number of ether oxygens (including phenoxy) is 1. The van der Waals surface area contributed by atoms with E-state index in [-0.39, 0.29) is 0 Å². The standard InChI is InChI=1S/C28H21N3O3/c1-18(27(32)30-22-11-10-19-6-2-3-7-21(19)16-22)34-28(33)24-17-26(20-12-14-29-15-13-20)31-25-9-5-4-8-23(24)25/h2-18H,1H3,(H,30,32)/t18-/m1/s1.